The van der Waals surface area contributed by atoms with E-state index < -0.39 is 5.97 Å². The van der Waals surface area contributed by atoms with Crippen LogP contribution < -0.4 is 0 Å². The molecule has 0 atom stereocenters. The molecule has 0 aromatic heterocycles. The quantitative estimate of drug-likeness (QED) is 0.323. The maximum absolute atomic E-state index is 9.62. The summed E-state index contributed by atoms with van der Waals surface area (Å²) in [5.74, 6) is -0.641. The molecule has 2 N–H and O–H groups in total. The Kier molecular flexibility index (Phi) is 2.13. The van der Waals surface area contributed by atoms with Crippen molar-refractivity contribution in [2.24, 2.45) is 0 Å². The van der Waals surface area contributed by atoms with Crippen molar-refractivity contribution in [2.75, 3.05) is 0 Å². The van der Waals surface area contributed by atoms with E-state index in [4.69, 9.17) is 5.11 Å². The molecule has 0 aliphatic carbocycles. The van der Waals surface area contributed by atoms with E-state index in [0.29, 0.717) is 0 Å². The Morgan fingerprint density at radius 2 is 2.33 bits per heavy atom. The van der Waals surface area contributed by atoms with Crippen molar-refractivity contribution >= 4 is 5.97 Å². The second kappa shape index (κ2) is 2.45. The van der Waals surface area contributed by atoms with E-state index in [1.165, 1.54) is 12.2 Å². The topological polar surface area (TPSA) is 40.0 Å². The number of carbonyl (C=O) groups is 1. The molecule has 6 heavy (non-hydrogen) atoms. The summed E-state index contributed by atoms with van der Waals surface area (Å²) in [5.41, 5.74) is 0. The van der Waals surface area contributed by atoms with Gasteiger partial charge in [-0.25, -0.2) is 0 Å². The molecule has 0 spiro atoms. The highest BCUT2D eigenvalue weighted by Gasteiger charge is 1.90. The zero-order valence-corrected chi connectivity index (χ0v) is 3.56. The highest BCUT2D eigenvalue weighted by atomic mass is 16.4. The summed E-state index contributed by atoms with van der Waals surface area (Å²) in [6, 6.07) is 0. The molecule has 0 radical (unpaired) electrons. The predicted molar refractivity (Wildman–Crippen MR) is 23.4 cm³/mol. The minimum atomic E-state index is -0.641. The molecule has 34 valence electrons. The van der Waals surface area contributed by atoms with Gasteiger partial charge in [0.05, 0.1) is 6.08 Å². The first kappa shape index (κ1) is 5.21. The first-order chi connectivity index (χ1) is 2.77. The lowest BCUT2D eigenvalue weighted by molar-refractivity contribution is -0.131. The van der Waals surface area contributed by atoms with Crippen LogP contribution in [0.25, 0.3) is 0 Å². The summed E-state index contributed by atoms with van der Waals surface area (Å²) in [6.45, 7) is 1.70. The SMILES string of the molecule is CC=CC(=O)[OH2+]. The van der Waals surface area contributed by atoms with E-state index in [-0.39, 0.29) is 0 Å². The van der Waals surface area contributed by atoms with Crippen LogP contribution in [-0.4, -0.2) is 11.1 Å². The second-order valence-corrected chi connectivity index (χ2v) is 0.864. The standard InChI is InChI=1S/C4H6O2/c1-2-3-4(5)6/h2-3H,1H3,(H,5,6)/p+1. The van der Waals surface area contributed by atoms with E-state index in [0.717, 1.165) is 0 Å². The molecule has 0 saturated carbocycles. The van der Waals surface area contributed by atoms with Gasteiger partial charge >= 0.3 is 5.97 Å². The Morgan fingerprint density at radius 3 is 2.33 bits per heavy atom. The maximum Gasteiger partial charge on any atom is 0.541 e. The molecular weight excluding hydrogens is 80.0 g/mol. The van der Waals surface area contributed by atoms with Crippen LogP contribution in [0.2, 0.25) is 0 Å². The van der Waals surface area contributed by atoms with Gasteiger partial charge in [-0.15, -0.1) is 0 Å². The Hall–Kier alpha value is -0.790. The molecule has 0 aliphatic heterocycles. The van der Waals surface area contributed by atoms with Gasteiger partial charge in [0, 0.05) is 4.79 Å². The van der Waals surface area contributed by atoms with Gasteiger partial charge in [0.15, 0.2) is 0 Å². The lowest BCUT2D eigenvalue weighted by Gasteiger charge is -1.60. The van der Waals surface area contributed by atoms with E-state index in [9.17, 15) is 4.79 Å². The molecule has 0 fully saturated rings. The molecular formula is C4H7O2+. The summed E-state index contributed by atoms with van der Waals surface area (Å²) < 4.78 is 0. The van der Waals surface area contributed by atoms with E-state index >= 15 is 0 Å². The van der Waals surface area contributed by atoms with Crippen LogP contribution in [0.1, 0.15) is 6.92 Å². The Morgan fingerprint density at radius 1 is 1.83 bits per heavy atom. The fourth-order valence-corrected chi connectivity index (χ4v) is 0.151. The van der Waals surface area contributed by atoms with Crippen molar-refractivity contribution in [1.82, 2.24) is 0 Å². The number of hydrogen-bond donors (Lipinski definition) is 0. The molecule has 0 amide bonds. The number of allylic oxidation sites excluding steroid dienone is 1. The van der Waals surface area contributed by atoms with Gasteiger partial charge in [-0.2, -0.15) is 0 Å². The molecule has 0 saturated heterocycles. The first-order valence-electron chi connectivity index (χ1n) is 1.65. The minimum Gasteiger partial charge on any atom is -0.561 e. The average molecular weight is 87.1 g/mol. The van der Waals surface area contributed by atoms with Gasteiger partial charge in [-0.05, 0) is 6.92 Å². The van der Waals surface area contributed by atoms with Crippen molar-refractivity contribution < 1.29 is 9.90 Å². The summed E-state index contributed by atoms with van der Waals surface area (Å²) in [4.78, 5) is 9.62. The van der Waals surface area contributed by atoms with Crippen LogP contribution in [-0.2, 0) is 4.79 Å². The third-order valence-corrected chi connectivity index (χ3v) is 0.318. The van der Waals surface area contributed by atoms with Gasteiger partial charge < -0.3 is 5.11 Å². The van der Waals surface area contributed by atoms with E-state index in [1.54, 1.807) is 6.92 Å². The molecule has 0 unspecified atom stereocenters. The van der Waals surface area contributed by atoms with Crippen LogP contribution in [0.3, 0.4) is 0 Å². The van der Waals surface area contributed by atoms with Crippen LogP contribution in [0.5, 0.6) is 0 Å². The third-order valence-electron chi connectivity index (χ3n) is 0.318. The van der Waals surface area contributed by atoms with Crippen molar-refractivity contribution in [3.63, 3.8) is 0 Å². The Labute approximate surface area is 36.1 Å². The van der Waals surface area contributed by atoms with Crippen LogP contribution in [0.15, 0.2) is 12.2 Å². The van der Waals surface area contributed by atoms with Crippen molar-refractivity contribution in [2.45, 2.75) is 6.92 Å². The monoisotopic (exact) mass is 87.0 g/mol. The normalized spacial score (nSPS) is 9.50. The lowest BCUT2D eigenvalue weighted by Crippen LogP contribution is -1.83. The highest BCUT2D eigenvalue weighted by Crippen LogP contribution is 1.65. The average Bonchev–Trinajstić information content (AvgIpc) is 1.35. The molecule has 0 aliphatic rings. The summed E-state index contributed by atoms with van der Waals surface area (Å²) in [7, 11) is 0. The van der Waals surface area contributed by atoms with Crippen LogP contribution >= 0.6 is 0 Å². The Bertz CT molecular complexity index is 73.6. The predicted octanol–water partition coefficient (Wildman–Crippen LogP) is -0.186. The largest absolute Gasteiger partial charge is 0.561 e. The van der Waals surface area contributed by atoms with E-state index in [2.05, 4.69) is 0 Å². The zero-order chi connectivity index (χ0) is 4.99. The molecule has 0 rings (SSSR count). The zero-order valence-electron chi connectivity index (χ0n) is 3.56. The van der Waals surface area contributed by atoms with Crippen LogP contribution in [0.4, 0.5) is 0 Å². The molecule has 2 nitrogen and oxygen atoms in total. The molecule has 2 heteroatoms. The first-order valence-corrected chi connectivity index (χ1v) is 1.65. The molecule has 0 aromatic rings. The van der Waals surface area contributed by atoms with Gasteiger partial charge in [0.1, 0.15) is 0 Å². The van der Waals surface area contributed by atoms with Gasteiger partial charge in [-0.1, -0.05) is 6.08 Å². The fraction of sp³-hybridized carbons (Fsp3) is 0.250. The van der Waals surface area contributed by atoms with Crippen LogP contribution in [0, 0.1) is 0 Å². The third kappa shape index (κ3) is 3.21. The number of hydrogen-bond acceptors (Lipinski definition) is 1. The molecule has 0 aromatic carbocycles. The molecule has 0 heterocycles. The second-order valence-electron chi connectivity index (χ2n) is 0.864. The lowest BCUT2D eigenvalue weighted by atomic mass is 10.5. The fourth-order valence-electron chi connectivity index (χ4n) is 0.151. The Balaban J connectivity index is 3.30. The molecule has 0 bridgehead atoms. The van der Waals surface area contributed by atoms with Gasteiger partial charge in [0.25, 0.3) is 0 Å². The smallest absolute Gasteiger partial charge is 0.541 e. The summed E-state index contributed by atoms with van der Waals surface area (Å²) in [5, 5.41) is 6.25. The van der Waals surface area contributed by atoms with Crippen molar-refractivity contribution in [3.8, 4) is 0 Å². The van der Waals surface area contributed by atoms with E-state index in [1.807, 2.05) is 0 Å². The van der Waals surface area contributed by atoms with Gasteiger partial charge in [-0.3, -0.25) is 0 Å². The van der Waals surface area contributed by atoms with Crippen molar-refractivity contribution in [3.05, 3.63) is 12.2 Å². The van der Waals surface area contributed by atoms with Crippen molar-refractivity contribution in [1.29, 1.82) is 0 Å². The maximum atomic E-state index is 9.62. The van der Waals surface area contributed by atoms with Gasteiger partial charge in [0.2, 0.25) is 0 Å². The summed E-state index contributed by atoms with van der Waals surface area (Å²) in [6.07, 6.45) is 2.73. The number of carbonyl (C=O) groups excluding carboxylic acids is 1. The summed E-state index contributed by atoms with van der Waals surface area (Å²) >= 11 is 0. The number of rotatable bonds is 1. The minimum absolute atomic E-state index is 0.641. The highest BCUT2D eigenvalue weighted by molar-refractivity contribution is 5.79.